The van der Waals surface area contributed by atoms with Crippen LogP contribution >= 0.6 is 11.8 Å². The van der Waals surface area contributed by atoms with Crippen molar-refractivity contribution in [1.29, 1.82) is 0 Å². The van der Waals surface area contributed by atoms with E-state index < -0.39 is 49.3 Å². The summed E-state index contributed by atoms with van der Waals surface area (Å²) in [5.74, 6) is -0.352. The Kier molecular flexibility index (Phi) is 10.5. The molecular formula is C37H38FNO8S. The number of halogens is 1. The lowest BCUT2D eigenvalue weighted by atomic mass is 9.90. The summed E-state index contributed by atoms with van der Waals surface area (Å²) in [5, 5.41) is 62.1. The second-order valence-electron chi connectivity index (χ2n) is 12.2. The summed E-state index contributed by atoms with van der Waals surface area (Å²) >= 11 is 1.21. The highest BCUT2D eigenvalue weighted by molar-refractivity contribution is 8.14. The van der Waals surface area contributed by atoms with Crippen LogP contribution in [0.25, 0.3) is 11.1 Å². The number of carbonyl (C=O) groups is 1. The van der Waals surface area contributed by atoms with Gasteiger partial charge in [-0.25, -0.2) is 4.39 Å². The summed E-state index contributed by atoms with van der Waals surface area (Å²) in [6.45, 7) is -0.517. The minimum atomic E-state index is -1.48. The second kappa shape index (κ2) is 14.8. The number of amides is 1. The standard InChI is InChI=1S/C37H38FNO8S/c38-25-16-13-22(14-17-25)28(41)7-4-8-31-32(39(37(46)48-31)26-5-2-1-3-6-26)27-18-15-24(19-29(27)42)21-9-11-23(12-10-21)36-35(45)34(44)33(43)30(20-40)47-36/h1-3,5-6,9-19,28,30-36,40-45H,4,7-8,20H2/t28-,30-,31-,32-,33-,34+,35-,36+/m1/s1. The Morgan fingerprint density at radius 2 is 1.54 bits per heavy atom. The quantitative estimate of drug-likeness (QED) is 0.130. The van der Waals surface area contributed by atoms with Gasteiger partial charge in [0.15, 0.2) is 0 Å². The predicted molar refractivity (Wildman–Crippen MR) is 180 cm³/mol. The molecular weight excluding hydrogens is 637 g/mol. The summed E-state index contributed by atoms with van der Waals surface area (Å²) in [7, 11) is 0. The Balaban J connectivity index is 1.22. The van der Waals surface area contributed by atoms with E-state index in [1.807, 2.05) is 42.5 Å². The predicted octanol–water partition coefficient (Wildman–Crippen LogP) is 5.40. The average Bonchev–Trinajstić information content (AvgIpc) is 3.43. The van der Waals surface area contributed by atoms with Crippen molar-refractivity contribution >= 4 is 22.7 Å². The first-order valence-electron chi connectivity index (χ1n) is 15.9. The molecule has 4 aromatic rings. The van der Waals surface area contributed by atoms with Crippen LogP contribution in [0.1, 0.15) is 54.2 Å². The van der Waals surface area contributed by atoms with Crippen molar-refractivity contribution in [2.75, 3.05) is 11.5 Å². The summed E-state index contributed by atoms with van der Waals surface area (Å²) < 4.78 is 19.0. The van der Waals surface area contributed by atoms with Gasteiger partial charge in [0.2, 0.25) is 0 Å². The van der Waals surface area contributed by atoms with Crippen LogP contribution in [0.4, 0.5) is 14.9 Å². The van der Waals surface area contributed by atoms with Crippen LogP contribution in [-0.2, 0) is 4.74 Å². The van der Waals surface area contributed by atoms with Crippen molar-refractivity contribution in [3.8, 4) is 16.9 Å². The molecule has 0 aliphatic carbocycles. The summed E-state index contributed by atoms with van der Waals surface area (Å²) in [5.41, 5.74) is 3.93. The molecule has 6 rings (SSSR count). The number of thioether (sulfide) groups is 1. The molecule has 6 N–H and O–H groups in total. The van der Waals surface area contributed by atoms with E-state index in [0.29, 0.717) is 47.2 Å². The number of phenolic OH excluding ortho intramolecular Hbond substituents is 1. The molecule has 0 aromatic heterocycles. The Morgan fingerprint density at radius 1 is 0.854 bits per heavy atom. The van der Waals surface area contributed by atoms with Gasteiger partial charge in [-0.2, -0.15) is 0 Å². The molecule has 11 heteroatoms. The number of aliphatic hydroxyl groups is 5. The van der Waals surface area contributed by atoms with Crippen molar-refractivity contribution in [3.05, 3.63) is 120 Å². The molecule has 2 heterocycles. The monoisotopic (exact) mass is 675 g/mol. The molecule has 8 atom stereocenters. The number of carbonyl (C=O) groups excluding carboxylic acids is 1. The number of ether oxygens (including phenoxy) is 1. The highest BCUT2D eigenvalue weighted by Gasteiger charge is 2.45. The lowest BCUT2D eigenvalue weighted by molar-refractivity contribution is -0.231. The van der Waals surface area contributed by atoms with Crippen LogP contribution in [0.2, 0.25) is 0 Å². The Morgan fingerprint density at radius 3 is 2.21 bits per heavy atom. The summed E-state index contributed by atoms with van der Waals surface area (Å²) in [6.07, 6.45) is -5.44. The number of hydrogen-bond acceptors (Lipinski definition) is 9. The van der Waals surface area contributed by atoms with Crippen LogP contribution in [0.15, 0.2) is 97.1 Å². The van der Waals surface area contributed by atoms with E-state index >= 15 is 0 Å². The molecule has 0 radical (unpaired) electrons. The zero-order valence-electron chi connectivity index (χ0n) is 25.9. The maximum Gasteiger partial charge on any atom is 0.287 e. The molecule has 0 bridgehead atoms. The Labute approximate surface area is 281 Å². The van der Waals surface area contributed by atoms with E-state index in [1.165, 1.54) is 23.9 Å². The third-order valence-corrected chi connectivity index (χ3v) is 10.3. The number of aromatic hydroxyl groups is 1. The third-order valence-electron chi connectivity index (χ3n) is 9.15. The molecule has 2 saturated heterocycles. The molecule has 0 spiro atoms. The van der Waals surface area contributed by atoms with E-state index in [4.69, 9.17) is 4.74 Å². The highest BCUT2D eigenvalue weighted by atomic mass is 32.2. The smallest absolute Gasteiger partial charge is 0.287 e. The minimum Gasteiger partial charge on any atom is -0.508 e. The highest BCUT2D eigenvalue weighted by Crippen LogP contribution is 2.49. The zero-order chi connectivity index (χ0) is 33.9. The molecule has 0 unspecified atom stereocenters. The van der Waals surface area contributed by atoms with Crippen molar-refractivity contribution in [3.63, 3.8) is 0 Å². The van der Waals surface area contributed by atoms with Gasteiger partial charge < -0.3 is 35.4 Å². The van der Waals surface area contributed by atoms with E-state index in [2.05, 4.69) is 0 Å². The molecule has 9 nitrogen and oxygen atoms in total. The SMILES string of the molecule is O=C1S[C@H](CCC[C@@H](O)c2ccc(F)cc2)[C@@H](c2ccc(-c3ccc([C@@H]4O[C@H](CO)[C@@H](O)[C@H](O)[C@H]4O)cc3)cc2O)N1c1ccccc1. The average molecular weight is 676 g/mol. The molecule has 2 aliphatic heterocycles. The number of nitrogens with zero attached hydrogens (tertiary/aromatic N) is 1. The molecule has 2 fully saturated rings. The van der Waals surface area contributed by atoms with Crippen molar-refractivity contribution in [2.45, 2.75) is 67.2 Å². The molecule has 2 aliphatic rings. The van der Waals surface area contributed by atoms with Crippen LogP contribution in [0.5, 0.6) is 5.75 Å². The van der Waals surface area contributed by atoms with Gasteiger partial charge >= 0.3 is 0 Å². The third kappa shape index (κ3) is 6.99. The van der Waals surface area contributed by atoms with Gasteiger partial charge in [0.25, 0.3) is 5.24 Å². The second-order valence-corrected chi connectivity index (χ2v) is 13.4. The Hall–Kier alpha value is -3.81. The van der Waals surface area contributed by atoms with Gasteiger partial charge in [0, 0.05) is 16.5 Å². The van der Waals surface area contributed by atoms with Gasteiger partial charge in [-0.1, -0.05) is 78.5 Å². The van der Waals surface area contributed by atoms with Crippen molar-refractivity contribution in [2.24, 2.45) is 0 Å². The zero-order valence-corrected chi connectivity index (χ0v) is 26.7. The summed E-state index contributed by atoms with van der Waals surface area (Å²) in [4.78, 5) is 15.1. The Bertz CT molecular complexity index is 1690. The molecule has 0 saturated carbocycles. The summed E-state index contributed by atoms with van der Waals surface area (Å²) in [6, 6.07) is 26.9. The fraction of sp³-hybridized carbons (Fsp3) is 0.324. The largest absolute Gasteiger partial charge is 0.508 e. The molecule has 48 heavy (non-hydrogen) atoms. The van der Waals surface area contributed by atoms with Crippen LogP contribution in [0.3, 0.4) is 0 Å². The minimum absolute atomic E-state index is 0.0167. The van der Waals surface area contributed by atoms with E-state index in [-0.39, 0.29) is 22.1 Å². The maximum atomic E-state index is 13.4. The normalized spacial score (nSPS) is 26.5. The fourth-order valence-corrected chi connectivity index (χ4v) is 7.79. The first-order chi connectivity index (χ1) is 23.2. The molecule has 1 amide bonds. The lowest BCUT2D eigenvalue weighted by Gasteiger charge is -2.40. The van der Waals surface area contributed by atoms with Gasteiger partial charge in [0.1, 0.15) is 42.1 Å². The van der Waals surface area contributed by atoms with E-state index in [9.17, 15) is 39.8 Å². The van der Waals surface area contributed by atoms with Crippen molar-refractivity contribution in [1.82, 2.24) is 0 Å². The topological polar surface area (TPSA) is 151 Å². The maximum absolute atomic E-state index is 13.4. The van der Waals surface area contributed by atoms with Gasteiger partial charge in [-0.3, -0.25) is 9.69 Å². The number of anilines is 1. The number of hydrogen-bond donors (Lipinski definition) is 6. The van der Waals surface area contributed by atoms with Gasteiger partial charge in [-0.15, -0.1) is 0 Å². The van der Waals surface area contributed by atoms with Crippen LogP contribution in [0, 0.1) is 5.82 Å². The fourth-order valence-electron chi connectivity index (χ4n) is 6.52. The molecule has 4 aromatic carbocycles. The molecule has 252 valence electrons. The van der Waals surface area contributed by atoms with E-state index in [0.717, 1.165) is 5.56 Å². The van der Waals surface area contributed by atoms with Gasteiger partial charge in [0.05, 0.1) is 18.8 Å². The number of aliphatic hydroxyl groups excluding tert-OH is 5. The number of benzene rings is 4. The van der Waals surface area contributed by atoms with Gasteiger partial charge in [-0.05, 0) is 71.8 Å². The van der Waals surface area contributed by atoms with E-state index in [1.54, 1.807) is 47.4 Å². The van der Waals surface area contributed by atoms with Crippen molar-refractivity contribution < 1.29 is 44.6 Å². The number of rotatable bonds is 10. The first-order valence-corrected chi connectivity index (χ1v) is 16.8. The number of para-hydroxylation sites is 1. The number of phenols is 1. The van der Waals surface area contributed by atoms with Crippen LogP contribution < -0.4 is 4.90 Å². The lowest BCUT2D eigenvalue weighted by Crippen LogP contribution is -2.55. The first kappa shape index (κ1) is 34.1. The van der Waals surface area contributed by atoms with Crippen LogP contribution in [-0.4, -0.2) is 72.2 Å².